The SMILES string of the molecule is CCCN(CCCN)c1nccnc1C. The highest BCUT2D eigenvalue weighted by Gasteiger charge is 2.09. The Hall–Kier alpha value is -1.16. The van der Waals surface area contributed by atoms with Crippen molar-refractivity contribution in [2.75, 3.05) is 24.5 Å². The molecule has 0 atom stereocenters. The molecule has 1 aromatic rings. The second-order valence-electron chi connectivity index (χ2n) is 3.59. The van der Waals surface area contributed by atoms with Crippen molar-refractivity contribution in [2.45, 2.75) is 26.7 Å². The van der Waals surface area contributed by atoms with Crippen LogP contribution in [0.1, 0.15) is 25.5 Å². The first kappa shape index (κ1) is 11.9. The normalized spacial score (nSPS) is 10.3. The summed E-state index contributed by atoms with van der Waals surface area (Å²) >= 11 is 0. The molecule has 0 unspecified atom stereocenters. The standard InChI is InChI=1S/C11H20N4/c1-3-8-15(9-4-5-12)11-10(2)13-6-7-14-11/h6-7H,3-5,8-9,12H2,1-2H3. The van der Waals surface area contributed by atoms with Crippen LogP contribution in [-0.4, -0.2) is 29.6 Å². The predicted octanol–water partition coefficient (Wildman–Crippen LogP) is 1.35. The molecule has 1 rings (SSSR count). The molecule has 15 heavy (non-hydrogen) atoms. The van der Waals surface area contributed by atoms with Crippen molar-refractivity contribution in [3.8, 4) is 0 Å². The third kappa shape index (κ3) is 3.47. The van der Waals surface area contributed by atoms with Gasteiger partial charge in [-0.1, -0.05) is 6.92 Å². The fourth-order valence-corrected chi connectivity index (χ4v) is 1.59. The molecule has 0 amide bonds. The minimum absolute atomic E-state index is 0.722. The Morgan fingerprint density at radius 1 is 1.27 bits per heavy atom. The van der Waals surface area contributed by atoms with Gasteiger partial charge in [-0.05, 0) is 26.3 Å². The van der Waals surface area contributed by atoms with Crippen molar-refractivity contribution >= 4 is 5.82 Å². The van der Waals surface area contributed by atoms with Gasteiger partial charge in [0.2, 0.25) is 0 Å². The number of anilines is 1. The summed E-state index contributed by atoms with van der Waals surface area (Å²) in [6.45, 7) is 6.86. The van der Waals surface area contributed by atoms with Crippen molar-refractivity contribution < 1.29 is 0 Å². The molecule has 0 aliphatic carbocycles. The average molecular weight is 208 g/mol. The zero-order chi connectivity index (χ0) is 11.1. The molecule has 1 aromatic heterocycles. The summed E-state index contributed by atoms with van der Waals surface area (Å²) < 4.78 is 0. The Labute approximate surface area is 91.5 Å². The van der Waals surface area contributed by atoms with Crippen molar-refractivity contribution in [1.82, 2.24) is 9.97 Å². The highest BCUT2D eigenvalue weighted by molar-refractivity contribution is 5.41. The Bertz CT molecular complexity index is 288. The van der Waals surface area contributed by atoms with Gasteiger partial charge in [0, 0.05) is 25.5 Å². The first-order chi connectivity index (χ1) is 7.29. The summed E-state index contributed by atoms with van der Waals surface area (Å²) in [7, 11) is 0. The van der Waals surface area contributed by atoms with Crippen molar-refractivity contribution in [3.05, 3.63) is 18.1 Å². The fourth-order valence-electron chi connectivity index (χ4n) is 1.59. The smallest absolute Gasteiger partial charge is 0.150 e. The van der Waals surface area contributed by atoms with Gasteiger partial charge in [-0.15, -0.1) is 0 Å². The molecule has 0 radical (unpaired) electrons. The molecule has 1 heterocycles. The quantitative estimate of drug-likeness (QED) is 0.766. The topological polar surface area (TPSA) is 55.0 Å². The van der Waals surface area contributed by atoms with Crippen molar-refractivity contribution in [2.24, 2.45) is 5.73 Å². The van der Waals surface area contributed by atoms with Crippen LogP contribution in [0.25, 0.3) is 0 Å². The van der Waals surface area contributed by atoms with Crippen LogP contribution in [0.2, 0.25) is 0 Å². The molecular weight excluding hydrogens is 188 g/mol. The first-order valence-corrected chi connectivity index (χ1v) is 5.52. The van der Waals surface area contributed by atoms with Crippen LogP contribution >= 0.6 is 0 Å². The molecule has 0 saturated carbocycles. The lowest BCUT2D eigenvalue weighted by molar-refractivity contribution is 0.707. The molecular formula is C11H20N4. The molecule has 4 nitrogen and oxygen atoms in total. The molecule has 0 aliphatic rings. The van der Waals surface area contributed by atoms with Gasteiger partial charge in [-0.2, -0.15) is 0 Å². The summed E-state index contributed by atoms with van der Waals surface area (Å²) in [5, 5.41) is 0. The minimum Gasteiger partial charge on any atom is -0.355 e. The summed E-state index contributed by atoms with van der Waals surface area (Å²) in [4.78, 5) is 10.9. The monoisotopic (exact) mass is 208 g/mol. The van der Waals surface area contributed by atoms with Gasteiger partial charge in [0.25, 0.3) is 0 Å². The van der Waals surface area contributed by atoms with Crippen LogP contribution in [0.5, 0.6) is 0 Å². The number of nitrogens with zero attached hydrogens (tertiary/aromatic N) is 3. The van der Waals surface area contributed by atoms with E-state index in [0.717, 1.165) is 44.0 Å². The first-order valence-electron chi connectivity index (χ1n) is 5.52. The Morgan fingerprint density at radius 2 is 2.00 bits per heavy atom. The summed E-state index contributed by atoms with van der Waals surface area (Å²) in [6, 6.07) is 0. The zero-order valence-corrected chi connectivity index (χ0v) is 9.61. The third-order valence-electron chi connectivity index (χ3n) is 2.28. The highest BCUT2D eigenvalue weighted by Crippen LogP contribution is 2.14. The molecule has 0 aliphatic heterocycles. The fraction of sp³-hybridized carbons (Fsp3) is 0.636. The van der Waals surface area contributed by atoms with E-state index >= 15 is 0 Å². The van der Waals surface area contributed by atoms with Crippen LogP contribution in [0.4, 0.5) is 5.82 Å². The Kier molecular flexibility index (Phi) is 5.04. The van der Waals surface area contributed by atoms with E-state index in [1.807, 2.05) is 6.92 Å². The van der Waals surface area contributed by atoms with E-state index in [1.54, 1.807) is 12.4 Å². The number of aryl methyl sites for hydroxylation is 1. The van der Waals surface area contributed by atoms with E-state index in [-0.39, 0.29) is 0 Å². The number of aromatic nitrogens is 2. The number of rotatable bonds is 6. The number of nitrogens with two attached hydrogens (primary N) is 1. The van der Waals surface area contributed by atoms with Gasteiger partial charge in [0.15, 0.2) is 0 Å². The molecule has 0 fully saturated rings. The third-order valence-corrected chi connectivity index (χ3v) is 2.28. The van der Waals surface area contributed by atoms with Gasteiger partial charge >= 0.3 is 0 Å². The van der Waals surface area contributed by atoms with E-state index in [1.165, 1.54) is 0 Å². The molecule has 0 aromatic carbocycles. The molecule has 2 N–H and O–H groups in total. The van der Waals surface area contributed by atoms with Gasteiger partial charge in [0.05, 0.1) is 5.69 Å². The summed E-state index contributed by atoms with van der Waals surface area (Å²) in [6.07, 6.45) is 5.58. The van der Waals surface area contributed by atoms with Crippen LogP contribution in [0, 0.1) is 6.92 Å². The van der Waals surface area contributed by atoms with Crippen LogP contribution in [0.15, 0.2) is 12.4 Å². The molecule has 0 spiro atoms. The summed E-state index contributed by atoms with van der Waals surface area (Å²) in [5.74, 6) is 0.993. The molecule has 84 valence electrons. The average Bonchev–Trinajstić information content (AvgIpc) is 2.25. The predicted molar refractivity (Wildman–Crippen MR) is 62.9 cm³/mol. The summed E-state index contributed by atoms with van der Waals surface area (Å²) in [5.41, 5.74) is 6.52. The lowest BCUT2D eigenvalue weighted by Gasteiger charge is -2.23. The molecule has 0 bridgehead atoms. The zero-order valence-electron chi connectivity index (χ0n) is 9.61. The molecule has 0 saturated heterocycles. The maximum absolute atomic E-state index is 5.53. The second-order valence-corrected chi connectivity index (χ2v) is 3.59. The second kappa shape index (κ2) is 6.35. The number of hydrogen-bond acceptors (Lipinski definition) is 4. The van der Waals surface area contributed by atoms with Crippen molar-refractivity contribution in [1.29, 1.82) is 0 Å². The Morgan fingerprint density at radius 3 is 2.60 bits per heavy atom. The van der Waals surface area contributed by atoms with E-state index < -0.39 is 0 Å². The lowest BCUT2D eigenvalue weighted by Crippen LogP contribution is -2.28. The molecule has 4 heteroatoms. The maximum Gasteiger partial charge on any atom is 0.150 e. The Balaban J connectivity index is 2.74. The van der Waals surface area contributed by atoms with Gasteiger partial charge in [-0.3, -0.25) is 4.98 Å². The van der Waals surface area contributed by atoms with Gasteiger partial charge in [0.1, 0.15) is 5.82 Å². The van der Waals surface area contributed by atoms with Crippen LogP contribution < -0.4 is 10.6 Å². The van der Waals surface area contributed by atoms with Crippen LogP contribution in [-0.2, 0) is 0 Å². The van der Waals surface area contributed by atoms with Gasteiger partial charge in [-0.25, -0.2) is 4.98 Å². The lowest BCUT2D eigenvalue weighted by atomic mass is 10.3. The van der Waals surface area contributed by atoms with E-state index in [4.69, 9.17) is 5.73 Å². The number of hydrogen-bond donors (Lipinski definition) is 1. The van der Waals surface area contributed by atoms with E-state index in [9.17, 15) is 0 Å². The maximum atomic E-state index is 5.53. The minimum atomic E-state index is 0.722. The largest absolute Gasteiger partial charge is 0.355 e. The van der Waals surface area contributed by atoms with E-state index in [2.05, 4.69) is 21.8 Å². The van der Waals surface area contributed by atoms with Crippen LogP contribution in [0.3, 0.4) is 0 Å². The van der Waals surface area contributed by atoms with Crippen molar-refractivity contribution in [3.63, 3.8) is 0 Å². The van der Waals surface area contributed by atoms with Gasteiger partial charge < -0.3 is 10.6 Å². The highest BCUT2D eigenvalue weighted by atomic mass is 15.2. The van der Waals surface area contributed by atoms with E-state index in [0.29, 0.717) is 0 Å².